The van der Waals surface area contributed by atoms with Crippen molar-refractivity contribution in [3.05, 3.63) is 65.2 Å². The molecule has 0 aliphatic carbocycles. The SMILES string of the molecule is NC(=O)c1ccccc1CCCN1CCC2(CC1)CC(=O)N(Cc1ccc(OC(F)F)cc1)C2. The van der Waals surface area contributed by atoms with Crippen LogP contribution in [0.4, 0.5) is 8.78 Å². The maximum atomic E-state index is 12.7. The van der Waals surface area contributed by atoms with Crippen molar-refractivity contribution in [3.63, 3.8) is 0 Å². The van der Waals surface area contributed by atoms with Crippen LogP contribution in [0.5, 0.6) is 5.75 Å². The van der Waals surface area contributed by atoms with Crippen LogP contribution in [0.3, 0.4) is 0 Å². The molecule has 4 rings (SSSR count). The lowest BCUT2D eigenvalue weighted by Gasteiger charge is -2.39. The van der Waals surface area contributed by atoms with Crippen molar-refractivity contribution in [2.75, 3.05) is 26.2 Å². The number of aryl methyl sites for hydroxylation is 1. The summed E-state index contributed by atoms with van der Waals surface area (Å²) in [5.41, 5.74) is 7.99. The van der Waals surface area contributed by atoms with Crippen LogP contribution in [0.1, 0.15) is 47.2 Å². The van der Waals surface area contributed by atoms with Gasteiger partial charge in [0.05, 0.1) is 0 Å². The van der Waals surface area contributed by atoms with E-state index in [1.807, 2.05) is 23.1 Å². The summed E-state index contributed by atoms with van der Waals surface area (Å²) in [5, 5.41) is 0. The highest BCUT2D eigenvalue weighted by molar-refractivity contribution is 5.94. The zero-order valence-electron chi connectivity index (χ0n) is 19.2. The molecule has 34 heavy (non-hydrogen) atoms. The van der Waals surface area contributed by atoms with Crippen LogP contribution in [0.15, 0.2) is 48.5 Å². The summed E-state index contributed by atoms with van der Waals surface area (Å²) in [4.78, 5) is 28.6. The van der Waals surface area contributed by atoms with Gasteiger partial charge in [-0.2, -0.15) is 8.78 Å². The zero-order chi connectivity index (χ0) is 24.1. The van der Waals surface area contributed by atoms with Gasteiger partial charge in [0.2, 0.25) is 11.8 Å². The third-order valence-electron chi connectivity index (χ3n) is 7.05. The summed E-state index contributed by atoms with van der Waals surface area (Å²) in [6.45, 7) is 1.24. The van der Waals surface area contributed by atoms with E-state index >= 15 is 0 Å². The van der Waals surface area contributed by atoms with E-state index < -0.39 is 6.61 Å². The molecular formula is C26H31F2N3O3. The number of nitrogens with two attached hydrogens (primary N) is 1. The molecule has 0 atom stereocenters. The Kier molecular flexibility index (Phi) is 7.46. The molecule has 0 aromatic heterocycles. The van der Waals surface area contributed by atoms with Crippen molar-refractivity contribution in [1.82, 2.24) is 9.80 Å². The molecule has 0 bridgehead atoms. The minimum atomic E-state index is -2.84. The van der Waals surface area contributed by atoms with E-state index in [-0.39, 0.29) is 23.0 Å². The van der Waals surface area contributed by atoms with Crippen molar-refractivity contribution in [2.24, 2.45) is 11.1 Å². The summed E-state index contributed by atoms with van der Waals surface area (Å²) < 4.78 is 29.0. The highest BCUT2D eigenvalue weighted by Gasteiger charge is 2.44. The number of likely N-dealkylation sites (tertiary alicyclic amines) is 2. The largest absolute Gasteiger partial charge is 0.435 e. The van der Waals surface area contributed by atoms with Gasteiger partial charge in [0.25, 0.3) is 0 Å². The fraction of sp³-hybridized carbons (Fsp3) is 0.462. The monoisotopic (exact) mass is 471 g/mol. The topological polar surface area (TPSA) is 75.9 Å². The second-order valence-electron chi connectivity index (χ2n) is 9.42. The smallest absolute Gasteiger partial charge is 0.387 e. The van der Waals surface area contributed by atoms with E-state index in [2.05, 4.69) is 9.64 Å². The number of alkyl halides is 2. The maximum absolute atomic E-state index is 12.7. The van der Waals surface area contributed by atoms with Crippen molar-refractivity contribution >= 4 is 11.8 Å². The lowest BCUT2D eigenvalue weighted by Crippen LogP contribution is -2.42. The summed E-state index contributed by atoms with van der Waals surface area (Å²) in [5.74, 6) is -0.110. The molecule has 0 unspecified atom stereocenters. The van der Waals surface area contributed by atoms with E-state index in [9.17, 15) is 18.4 Å². The Hall–Kier alpha value is -3.00. The van der Waals surface area contributed by atoms with Crippen molar-refractivity contribution in [1.29, 1.82) is 0 Å². The Bertz CT molecular complexity index is 1000. The number of benzene rings is 2. The van der Waals surface area contributed by atoms with Gasteiger partial charge in [-0.25, -0.2) is 0 Å². The van der Waals surface area contributed by atoms with Crippen molar-refractivity contribution < 1.29 is 23.1 Å². The molecule has 2 fully saturated rings. The molecule has 2 aromatic carbocycles. The van der Waals surface area contributed by atoms with E-state index in [0.29, 0.717) is 18.5 Å². The van der Waals surface area contributed by atoms with Crippen LogP contribution in [-0.2, 0) is 17.8 Å². The minimum Gasteiger partial charge on any atom is -0.435 e. The average Bonchev–Trinajstić information content (AvgIpc) is 3.10. The summed E-state index contributed by atoms with van der Waals surface area (Å²) in [6, 6.07) is 14.0. The molecule has 2 saturated heterocycles. The molecule has 2 aromatic rings. The summed E-state index contributed by atoms with van der Waals surface area (Å²) >= 11 is 0. The lowest BCUT2D eigenvalue weighted by atomic mass is 9.77. The van der Waals surface area contributed by atoms with Gasteiger partial charge in [-0.1, -0.05) is 30.3 Å². The third kappa shape index (κ3) is 5.91. The molecule has 2 amide bonds. The number of carbonyl (C=O) groups is 2. The predicted octanol–water partition coefficient (Wildman–Crippen LogP) is 3.83. The second-order valence-corrected chi connectivity index (χ2v) is 9.42. The minimum absolute atomic E-state index is 0.0187. The number of rotatable bonds is 9. The quantitative estimate of drug-likeness (QED) is 0.603. The molecule has 0 radical (unpaired) electrons. The molecule has 1 spiro atoms. The lowest BCUT2D eigenvalue weighted by molar-refractivity contribution is -0.128. The second kappa shape index (κ2) is 10.5. The molecule has 2 heterocycles. The highest BCUT2D eigenvalue weighted by Crippen LogP contribution is 2.41. The molecule has 2 aliphatic heterocycles. The van der Waals surface area contributed by atoms with Gasteiger partial charge in [-0.15, -0.1) is 0 Å². The Morgan fingerprint density at radius 3 is 2.47 bits per heavy atom. The predicted molar refractivity (Wildman–Crippen MR) is 124 cm³/mol. The fourth-order valence-electron chi connectivity index (χ4n) is 5.18. The zero-order valence-corrected chi connectivity index (χ0v) is 19.2. The van der Waals surface area contributed by atoms with E-state index in [1.54, 1.807) is 18.2 Å². The van der Waals surface area contributed by atoms with Crippen molar-refractivity contribution in [3.8, 4) is 5.75 Å². The molecule has 8 heteroatoms. The van der Waals surface area contributed by atoms with Crippen LogP contribution >= 0.6 is 0 Å². The van der Waals surface area contributed by atoms with Crippen LogP contribution in [-0.4, -0.2) is 54.4 Å². The molecular weight excluding hydrogens is 440 g/mol. The van der Waals surface area contributed by atoms with E-state index in [1.165, 1.54) is 12.1 Å². The number of amides is 2. The van der Waals surface area contributed by atoms with Crippen LogP contribution in [0.2, 0.25) is 0 Å². The number of halogens is 2. The van der Waals surface area contributed by atoms with Gasteiger partial charge in [0, 0.05) is 25.1 Å². The van der Waals surface area contributed by atoms with Gasteiger partial charge >= 0.3 is 6.61 Å². The third-order valence-corrected chi connectivity index (χ3v) is 7.05. The van der Waals surface area contributed by atoms with Gasteiger partial charge in [0.15, 0.2) is 0 Å². The average molecular weight is 472 g/mol. The number of hydrogen-bond acceptors (Lipinski definition) is 4. The van der Waals surface area contributed by atoms with Gasteiger partial charge in [-0.05, 0) is 80.1 Å². The molecule has 0 saturated carbocycles. The number of piperidine rings is 1. The van der Waals surface area contributed by atoms with E-state index in [0.717, 1.165) is 63.0 Å². The molecule has 2 aliphatic rings. The molecule has 6 nitrogen and oxygen atoms in total. The van der Waals surface area contributed by atoms with Gasteiger partial charge in [0.1, 0.15) is 5.75 Å². The normalized spacial score (nSPS) is 18.1. The Morgan fingerprint density at radius 1 is 1.09 bits per heavy atom. The number of carbonyl (C=O) groups excluding carboxylic acids is 2. The maximum Gasteiger partial charge on any atom is 0.387 e. The number of ether oxygens (including phenoxy) is 1. The highest BCUT2D eigenvalue weighted by atomic mass is 19.3. The number of hydrogen-bond donors (Lipinski definition) is 1. The Morgan fingerprint density at radius 2 is 1.79 bits per heavy atom. The van der Waals surface area contributed by atoms with Gasteiger partial charge < -0.3 is 20.3 Å². The van der Waals surface area contributed by atoms with Crippen LogP contribution in [0, 0.1) is 5.41 Å². The van der Waals surface area contributed by atoms with Gasteiger partial charge in [-0.3, -0.25) is 9.59 Å². The summed E-state index contributed by atoms with van der Waals surface area (Å²) in [7, 11) is 0. The first kappa shape index (κ1) is 24.1. The van der Waals surface area contributed by atoms with Crippen LogP contribution in [0.25, 0.3) is 0 Å². The first-order chi connectivity index (χ1) is 16.3. The number of nitrogens with zero attached hydrogens (tertiary/aromatic N) is 2. The Balaban J connectivity index is 1.24. The van der Waals surface area contributed by atoms with E-state index in [4.69, 9.17) is 5.73 Å². The molecule has 182 valence electrons. The van der Waals surface area contributed by atoms with Crippen molar-refractivity contribution in [2.45, 2.75) is 45.3 Å². The first-order valence-electron chi connectivity index (χ1n) is 11.8. The summed E-state index contributed by atoms with van der Waals surface area (Å²) in [6.07, 6.45) is 4.30. The molecule has 2 N–H and O–H groups in total. The first-order valence-corrected chi connectivity index (χ1v) is 11.8. The fourth-order valence-corrected chi connectivity index (χ4v) is 5.18. The standard InChI is InChI=1S/C26H31F2N3O3/c27-25(28)34-21-9-7-19(8-10-21)17-31-18-26(16-23(31)32)11-14-30(15-12-26)13-3-5-20-4-1-2-6-22(20)24(29)33/h1-2,4,6-10,25H,3,5,11-18H2,(H2,29,33). The number of primary amides is 1. The Labute approximate surface area is 198 Å². The van der Waals surface area contributed by atoms with Crippen LogP contribution < -0.4 is 10.5 Å².